The highest BCUT2D eigenvalue weighted by atomic mass is 16.7. The number of benzene rings is 3. The van der Waals surface area contributed by atoms with Crippen LogP contribution in [0.1, 0.15) is 80.7 Å². The summed E-state index contributed by atoms with van der Waals surface area (Å²) < 4.78 is 30.6. The molecule has 0 saturated carbocycles. The molecule has 0 spiro atoms. The van der Waals surface area contributed by atoms with Gasteiger partial charge in [0, 0.05) is 104 Å². The zero-order valence-corrected chi connectivity index (χ0v) is 41.4. The van der Waals surface area contributed by atoms with Gasteiger partial charge in [-0.3, -0.25) is 19.2 Å². The topological polar surface area (TPSA) is 231 Å². The summed E-state index contributed by atoms with van der Waals surface area (Å²) in [5.41, 5.74) is -1.34. The van der Waals surface area contributed by atoms with Crippen molar-refractivity contribution in [2.75, 3.05) is 37.5 Å². The first-order valence-electron chi connectivity index (χ1n) is 23.6. The molecule has 3 aromatic carbocycles. The molecule has 0 aliphatic carbocycles. The van der Waals surface area contributed by atoms with Crippen LogP contribution in [0, 0.1) is 30.6 Å². The van der Waals surface area contributed by atoms with Gasteiger partial charge in [-0.1, -0.05) is 45.9 Å². The van der Waals surface area contributed by atoms with Crippen LogP contribution in [0.3, 0.4) is 0 Å². The molecule has 0 radical (unpaired) electrons. The van der Waals surface area contributed by atoms with Crippen molar-refractivity contribution in [2.24, 2.45) is 23.7 Å². The normalized spacial score (nSPS) is 29.3. The van der Waals surface area contributed by atoms with Gasteiger partial charge in [0.15, 0.2) is 22.4 Å². The number of allylic oxidation sites excluding steroid dienone is 2. The quantitative estimate of drug-likeness (QED) is 0.0895. The van der Waals surface area contributed by atoms with Gasteiger partial charge in [0.25, 0.3) is 5.91 Å². The SMILES string of the molecule is CO[C@H]1/C=C/O[C@@]2(C)Oc3c(C)c(O)c4c(=O)c(c5oc6cc(N7CCC(N(C)C(C)C)CC7)cc(=O)c6nc5c4c3=C2O)NC(=O)/C(C)=C\C=C\[C@H](C)[C@H](O)[C@@H](C)[C@@H](O)[C@@H](C)[C@H](OC(C)=O)[C@@H]1C. The first-order chi connectivity index (χ1) is 32.5. The van der Waals surface area contributed by atoms with Crippen LogP contribution in [0.15, 0.2) is 62.3 Å². The Labute approximate surface area is 400 Å². The number of piperidine rings is 1. The number of aliphatic hydroxyl groups is 3. The number of rotatable bonds is 5. The minimum atomic E-state index is -1.98. The lowest BCUT2D eigenvalue weighted by Crippen LogP contribution is -2.46. The summed E-state index contributed by atoms with van der Waals surface area (Å²) in [5.74, 6) is -6.93. The minimum absolute atomic E-state index is 0.0407. The molecule has 4 bridgehead atoms. The number of phenolic OH excluding ortho intramolecular Hbond substituents is 1. The van der Waals surface area contributed by atoms with Crippen LogP contribution in [0.4, 0.5) is 11.4 Å². The van der Waals surface area contributed by atoms with E-state index < -0.39 is 88.1 Å². The first-order valence-corrected chi connectivity index (χ1v) is 23.6. The molecule has 17 nitrogen and oxygen atoms in total. The third kappa shape index (κ3) is 9.41. The van der Waals surface area contributed by atoms with E-state index in [1.165, 1.54) is 59.3 Å². The highest BCUT2D eigenvalue weighted by molar-refractivity contribution is 6.16. The Bertz CT molecular complexity index is 2940. The molecular formula is C52H66N4O13. The number of hydrogen-bond acceptors (Lipinski definition) is 16. The Morgan fingerprint density at radius 2 is 1.65 bits per heavy atom. The number of ether oxygens (including phenoxy) is 4. The van der Waals surface area contributed by atoms with Gasteiger partial charge in [0.2, 0.25) is 10.9 Å². The number of aromatic hydroxyl groups is 1. The molecule has 5 N–H and O–H groups in total. The van der Waals surface area contributed by atoms with Crippen LogP contribution in [-0.4, -0.2) is 112 Å². The van der Waals surface area contributed by atoms with Crippen molar-refractivity contribution in [3.8, 4) is 11.5 Å². The summed E-state index contributed by atoms with van der Waals surface area (Å²) in [6.45, 7) is 18.3. The number of aromatic nitrogens is 1. The van der Waals surface area contributed by atoms with E-state index in [4.69, 9.17) is 28.3 Å². The molecule has 0 unspecified atom stereocenters. The number of phenols is 1. The number of methoxy groups -OCH3 is 1. The van der Waals surface area contributed by atoms with Crippen LogP contribution in [0.2, 0.25) is 0 Å². The van der Waals surface area contributed by atoms with Crippen molar-refractivity contribution in [1.82, 2.24) is 9.88 Å². The lowest BCUT2D eigenvalue weighted by molar-refractivity contribution is -0.160. The van der Waals surface area contributed by atoms with Gasteiger partial charge in [0.05, 0.1) is 35.2 Å². The number of fused-ring (bicyclic) bond motifs is 2. The average molecular weight is 955 g/mol. The molecule has 7 rings (SSSR count). The Balaban J connectivity index is 1.45. The molecule has 1 fully saturated rings. The fourth-order valence-electron chi connectivity index (χ4n) is 10.0. The average Bonchev–Trinajstić information content (AvgIpc) is 3.58. The third-order valence-electron chi connectivity index (χ3n) is 14.6. The van der Waals surface area contributed by atoms with Crippen LogP contribution in [0.25, 0.3) is 38.7 Å². The molecule has 9 atom stereocenters. The predicted molar refractivity (Wildman–Crippen MR) is 263 cm³/mol. The Hall–Kier alpha value is -6.01. The monoisotopic (exact) mass is 954 g/mol. The van der Waals surface area contributed by atoms with Crippen molar-refractivity contribution in [3.63, 3.8) is 0 Å². The molecule has 4 heterocycles. The highest BCUT2D eigenvalue weighted by Gasteiger charge is 2.44. The smallest absolute Gasteiger partial charge is 0.307 e. The van der Waals surface area contributed by atoms with Crippen molar-refractivity contribution in [3.05, 3.63) is 79.5 Å². The second kappa shape index (κ2) is 19.8. The van der Waals surface area contributed by atoms with E-state index in [1.807, 2.05) is 0 Å². The largest absolute Gasteiger partial charge is 0.507 e. The maximum absolute atomic E-state index is 14.9. The zero-order valence-electron chi connectivity index (χ0n) is 41.4. The van der Waals surface area contributed by atoms with Gasteiger partial charge in [-0.15, -0.1) is 0 Å². The number of esters is 1. The number of nitrogens with one attached hydrogen (secondary N) is 1. The van der Waals surface area contributed by atoms with Crippen molar-refractivity contribution < 1.29 is 53.4 Å². The standard InChI is InChI=1S/C52H66N4O13/c1-24(2)55(11)32-16-19-56(20-17-32)33-22-34(58)40-36(23-33)68-49-41(53-40)37-38-45(61)30(8)48-39(37)50(63)52(10,69-48)66-21-18-35(65-12)27(5)47(67-31(9)57)29(7)44(60)28(6)43(59)25(3)14-13-15-26(4)51(64)54-42(49)46(38)62/h13-15,18,21-25,27-29,32,35,43-44,47,59-61,63H,16-17,19-20H2,1-12H3,(H,54,64)/b14-13+,21-18+,26-15-/t25-,27+,28+,29+,35-,43-,44+,47+,52-/m0/s1. The van der Waals surface area contributed by atoms with Gasteiger partial charge in [-0.25, -0.2) is 4.98 Å². The number of anilines is 2. The van der Waals surface area contributed by atoms with Gasteiger partial charge in [-0.2, -0.15) is 0 Å². The Morgan fingerprint density at radius 3 is 2.29 bits per heavy atom. The third-order valence-corrected chi connectivity index (χ3v) is 14.6. The van der Waals surface area contributed by atoms with Gasteiger partial charge in [-0.05, 0) is 53.7 Å². The summed E-state index contributed by atoms with van der Waals surface area (Å²) >= 11 is 0. The van der Waals surface area contributed by atoms with Crippen LogP contribution >= 0.6 is 0 Å². The number of nitrogens with zero attached hydrogens (tertiary/aromatic N) is 3. The number of carbonyl (C=O) groups excluding carboxylic acids is 2. The maximum Gasteiger partial charge on any atom is 0.307 e. The summed E-state index contributed by atoms with van der Waals surface area (Å²) in [4.78, 5) is 64.8. The summed E-state index contributed by atoms with van der Waals surface area (Å²) in [6.07, 6.45) is 5.31. The van der Waals surface area contributed by atoms with Crippen molar-refractivity contribution in [2.45, 2.75) is 124 Å². The molecule has 3 aliphatic heterocycles. The molecule has 1 amide bonds. The molecule has 1 aromatic heterocycles. The van der Waals surface area contributed by atoms with Gasteiger partial charge >= 0.3 is 11.8 Å². The van der Waals surface area contributed by atoms with Crippen molar-refractivity contribution >= 4 is 62.0 Å². The van der Waals surface area contributed by atoms with Crippen molar-refractivity contribution in [1.29, 1.82) is 0 Å². The number of amides is 1. The molecule has 1 saturated heterocycles. The highest BCUT2D eigenvalue weighted by Crippen LogP contribution is 2.42. The Kier molecular flexibility index (Phi) is 14.6. The van der Waals surface area contributed by atoms with E-state index >= 15 is 0 Å². The van der Waals surface area contributed by atoms with Crippen LogP contribution in [0.5, 0.6) is 11.5 Å². The first kappa shape index (κ1) is 50.9. The Morgan fingerprint density at radius 1 is 0.971 bits per heavy atom. The van der Waals surface area contributed by atoms with Gasteiger partial charge in [0.1, 0.15) is 28.8 Å². The van der Waals surface area contributed by atoms with Crippen LogP contribution < -0.4 is 31.0 Å². The number of carbonyl (C=O) groups is 2. The fourth-order valence-corrected chi connectivity index (χ4v) is 10.0. The predicted octanol–water partition coefficient (Wildman–Crippen LogP) is 5.87. The van der Waals surface area contributed by atoms with E-state index in [9.17, 15) is 39.6 Å². The lowest BCUT2D eigenvalue weighted by Gasteiger charge is -2.39. The summed E-state index contributed by atoms with van der Waals surface area (Å²) in [5, 5.41) is 49.4. The summed E-state index contributed by atoms with van der Waals surface area (Å²) in [6, 6.07) is 3.92. The number of aliphatic hydroxyl groups excluding tert-OH is 3. The molecule has 69 heavy (non-hydrogen) atoms. The molecule has 3 aliphatic rings. The minimum Gasteiger partial charge on any atom is -0.507 e. The second-order valence-electron chi connectivity index (χ2n) is 19.5. The molecule has 17 heteroatoms. The van der Waals surface area contributed by atoms with E-state index in [2.05, 4.69) is 36.0 Å². The van der Waals surface area contributed by atoms with Gasteiger partial charge < -0.3 is 58.9 Å². The fraction of sp³-hybridized carbons (Fsp3) is 0.519. The molecular weight excluding hydrogens is 889 g/mol. The van der Waals surface area contributed by atoms with Crippen LogP contribution in [-0.2, 0) is 23.8 Å². The second-order valence-corrected chi connectivity index (χ2v) is 19.5. The van der Waals surface area contributed by atoms with E-state index in [0.717, 1.165) is 12.8 Å². The molecule has 372 valence electrons. The van der Waals surface area contributed by atoms with E-state index in [0.29, 0.717) is 30.9 Å². The van der Waals surface area contributed by atoms with E-state index in [-0.39, 0.29) is 60.8 Å². The number of hydrogen-bond donors (Lipinski definition) is 5. The summed E-state index contributed by atoms with van der Waals surface area (Å²) in [7, 11) is 3.56. The lowest BCUT2D eigenvalue weighted by atomic mass is 9.78. The zero-order chi connectivity index (χ0) is 50.5. The maximum atomic E-state index is 14.9. The molecule has 4 aromatic rings. The van der Waals surface area contributed by atoms with E-state index in [1.54, 1.807) is 45.9 Å².